The Morgan fingerprint density at radius 3 is 2.88 bits per heavy atom. The Hall–Kier alpha value is -2.23. The van der Waals surface area contributed by atoms with Gasteiger partial charge in [0.25, 0.3) is 0 Å². The van der Waals surface area contributed by atoms with Crippen molar-refractivity contribution in [3.05, 3.63) is 54.2 Å². The highest BCUT2D eigenvalue weighted by Crippen LogP contribution is 2.25. The van der Waals surface area contributed by atoms with Gasteiger partial charge in [0.05, 0.1) is 6.20 Å². The molecule has 1 aromatic heterocycles. The molecule has 0 atom stereocenters. The molecule has 1 heterocycles. The standard InChI is InChI=1S/C13H7F2N2/c14-11-3-1-2-8(5-11)9-4-10-7-16-17-13(10)12(15)6-9/h1,3-7H,(H,16,17). The maximum Gasteiger partial charge on any atom is 0.149 e. The molecule has 0 aliphatic carbocycles. The van der Waals surface area contributed by atoms with Gasteiger partial charge in [-0.05, 0) is 41.5 Å². The number of aromatic amines is 1. The lowest BCUT2D eigenvalue weighted by molar-refractivity contribution is 0.627. The highest BCUT2D eigenvalue weighted by atomic mass is 19.1. The number of benzene rings is 2. The fraction of sp³-hybridized carbons (Fsp3) is 0. The van der Waals surface area contributed by atoms with Crippen LogP contribution in [0.3, 0.4) is 0 Å². The molecule has 1 N–H and O–H groups in total. The number of fused-ring (bicyclic) bond motifs is 1. The summed E-state index contributed by atoms with van der Waals surface area (Å²) in [6.45, 7) is 0. The molecule has 17 heavy (non-hydrogen) atoms. The smallest absolute Gasteiger partial charge is 0.149 e. The Morgan fingerprint density at radius 1 is 1.18 bits per heavy atom. The van der Waals surface area contributed by atoms with Gasteiger partial charge >= 0.3 is 0 Å². The second-order valence-corrected chi connectivity index (χ2v) is 3.71. The zero-order valence-corrected chi connectivity index (χ0v) is 8.67. The number of rotatable bonds is 1. The molecule has 0 saturated heterocycles. The number of aromatic nitrogens is 2. The van der Waals surface area contributed by atoms with E-state index in [1.807, 2.05) is 0 Å². The molecule has 3 rings (SSSR count). The zero-order chi connectivity index (χ0) is 11.8. The van der Waals surface area contributed by atoms with E-state index in [4.69, 9.17) is 0 Å². The lowest BCUT2D eigenvalue weighted by Crippen LogP contribution is -1.84. The summed E-state index contributed by atoms with van der Waals surface area (Å²) in [6.07, 6.45) is 1.53. The van der Waals surface area contributed by atoms with Crippen molar-refractivity contribution in [1.82, 2.24) is 10.2 Å². The third-order valence-electron chi connectivity index (χ3n) is 2.58. The summed E-state index contributed by atoms with van der Waals surface area (Å²) in [5, 5.41) is 6.98. The molecule has 2 nitrogen and oxygen atoms in total. The summed E-state index contributed by atoms with van der Waals surface area (Å²) in [6, 6.07) is 10.1. The Balaban J connectivity index is 2.23. The summed E-state index contributed by atoms with van der Waals surface area (Å²) in [4.78, 5) is 0. The highest BCUT2D eigenvalue weighted by molar-refractivity contribution is 5.84. The Bertz CT molecular complexity index is 689. The van der Waals surface area contributed by atoms with E-state index in [9.17, 15) is 8.78 Å². The first-order chi connectivity index (χ1) is 8.24. The van der Waals surface area contributed by atoms with Crippen LogP contribution in [0.2, 0.25) is 0 Å². The predicted octanol–water partition coefficient (Wildman–Crippen LogP) is 3.31. The Labute approximate surface area is 95.9 Å². The highest BCUT2D eigenvalue weighted by Gasteiger charge is 2.07. The maximum atomic E-state index is 13.7. The average Bonchev–Trinajstić information content (AvgIpc) is 2.77. The molecule has 1 radical (unpaired) electrons. The topological polar surface area (TPSA) is 28.7 Å². The molecule has 3 aromatic rings. The van der Waals surface area contributed by atoms with Gasteiger partial charge in [-0.3, -0.25) is 5.10 Å². The Kier molecular flexibility index (Phi) is 2.14. The number of nitrogens with one attached hydrogen (secondary N) is 1. The van der Waals surface area contributed by atoms with Crippen molar-refractivity contribution in [1.29, 1.82) is 0 Å². The van der Waals surface area contributed by atoms with Gasteiger partial charge < -0.3 is 0 Å². The first kappa shape index (κ1) is 9.96. The number of H-pyrrole nitrogens is 1. The van der Waals surface area contributed by atoms with Crippen molar-refractivity contribution in [2.24, 2.45) is 0 Å². The van der Waals surface area contributed by atoms with E-state index in [1.54, 1.807) is 6.07 Å². The van der Waals surface area contributed by atoms with Crippen LogP contribution in [0, 0.1) is 17.7 Å². The van der Waals surface area contributed by atoms with E-state index in [0.717, 1.165) is 0 Å². The molecule has 83 valence electrons. The number of halogens is 2. The van der Waals surface area contributed by atoms with Gasteiger partial charge in [0.2, 0.25) is 0 Å². The SMILES string of the molecule is Fc1cc[c]c(-c2cc(F)c3[nH]ncc3c2)c1. The van der Waals surface area contributed by atoms with Crippen LogP contribution in [0.25, 0.3) is 22.0 Å². The lowest BCUT2D eigenvalue weighted by Gasteiger charge is -2.02. The van der Waals surface area contributed by atoms with Crippen molar-refractivity contribution in [3.8, 4) is 11.1 Å². The Morgan fingerprint density at radius 2 is 2.06 bits per heavy atom. The van der Waals surface area contributed by atoms with Crippen molar-refractivity contribution in [2.45, 2.75) is 0 Å². The minimum absolute atomic E-state index is 0.352. The van der Waals surface area contributed by atoms with Gasteiger partial charge in [-0.2, -0.15) is 5.10 Å². The van der Waals surface area contributed by atoms with Crippen molar-refractivity contribution < 1.29 is 8.78 Å². The molecule has 0 aliphatic heterocycles. The van der Waals surface area contributed by atoms with Gasteiger partial charge in [0.1, 0.15) is 17.2 Å². The third kappa shape index (κ3) is 1.67. The third-order valence-corrected chi connectivity index (χ3v) is 2.58. The average molecular weight is 229 g/mol. The second-order valence-electron chi connectivity index (χ2n) is 3.71. The van der Waals surface area contributed by atoms with Crippen LogP contribution in [0.4, 0.5) is 8.78 Å². The van der Waals surface area contributed by atoms with Crippen molar-refractivity contribution >= 4 is 10.9 Å². The van der Waals surface area contributed by atoms with Gasteiger partial charge in [-0.1, -0.05) is 6.07 Å². The van der Waals surface area contributed by atoms with Gasteiger partial charge in [-0.25, -0.2) is 8.78 Å². The minimum Gasteiger partial charge on any atom is -0.275 e. The largest absolute Gasteiger partial charge is 0.275 e. The van der Waals surface area contributed by atoms with Crippen LogP contribution in [-0.2, 0) is 0 Å². The summed E-state index contributed by atoms with van der Waals surface area (Å²) < 4.78 is 26.8. The van der Waals surface area contributed by atoms with Crippen molar-refractivity contribution in [2.75, 3.05) is 0 Å². The van der Waals surface area contributed by atoms with Crippen LogP contribution in [0.5, 0.6) is 0 Å². The summed E-state index contributed by atoms with van der Waals surface area (Å²) in [5.74, 6) is -0.779. The molecule has 0 spiro atoms. The summed E-state index contributed by atoms with van der Waals surface area (Å²) >= 11 is 0. The van der Waals surface area contributed by atoms with Gasteiger partial charge in [-0.15, -0.1) is 0 Å². The van der Waals surface area contributed by atoms with E-state index in [-0.39, 0.29) is 5.82 Å². The van der Waals surface area contributed by atoms with Crippen LogP contribution in [0.15, 0.2) is 36.5 Å². The van der Waals surface area contributed by atoms with Gasteiger partial charge in [0, 0.05) is 5.39 Å². The number of hydrogen-bond donors (Lipinski definition) is 1. The number of nitrogens with zero attached hydrogens (tertiary/aromatic N) is 1. The van der Waals surface area contributed by atoms with Crippen LogP contribution in [-0.4, -0.2) is 10.2 Å². The molecule has 0 fully saturated rings. The molecule has 4 heteroatoms. The minimum atomic E-state index is -0.410. The molecular weight excluding hydrogens is 222 g/mol. The molecular formula is C13H7F2N2. The quantitative estimate of drug-likeness (QED) is 0.681. The lowest BCUT2D eigenvalue weighted by atomic mass is 10.0. The molecule has 0 bridgehead atoms. The first-order valence-electron chi connectivity index (χ1n) is 5.04. The molecule has 0 saturated carbocycles. The molecule has 0 amide bonds. The normalized spacial score (nSPS) is 10.9. The van der Waals surface area contributed by atoms with Crippen LogP contribution in [0.1, 0.15) is 0 Å². The fourth-order valence-electron chi connectivity index (χ4n) is 1.77. The van der Waals surface area contributed by atoms with E-state index >= 15 is 0 Å². The predicted molar refractivity (Wildman–Crippen MR) is 60.3 cm³/mol. The maximum absolute atomic E-state index is 13.7. The van der Waals surface area contributed by atoms with Gasteiger partial charge in [0.15, 0.2) is 0 Å². The van der Waals surface area contributed by atoms with E-state index in [2.05, 4.69) is 16.3 Å². The zero-order valence-electron chi connectivity index (χ0n) is 8.67. The fourth-order valence-corrected chi connectivity index (χ4v) is 1.77. The molecule has 2 aromatic carbocycles. The molecule has 0 unspecified atom stereocenters. The first-order valence-corrected chi connectivity index (χ1v) is 5.04. The molecule has 0 aliphatic rings. The summed E-state index contributed by atoms with van der Waals surface area (Å²) in [5.41, 5.74) is 1.45. The van der Waals surface area contributed by atoms with E-state index in [1.165, 1.54) is 30.5 Å². The van der Waals surface area contributed by atoms with Crippen LogP contribution >= 0.6 is 0 Å². The summed E-state index contributed by atoms with van der Waals surface area (Å²) in [7, 11) is 0. The van der Waals surface area contributed by atoms with Crippen LogP contribution < -0.4 is 0 Å². The number of hydrogen-bond acceptors (Lipinski definition) is 1. The van der Waals surface area contributed by atoms with E-state index in [0.29, 0.717) is 22.0 Å². The second kappa shape index (κ2) is 3.66. The van der Waals surface area contributed by atoms with Crippen molar-refractivity contribution in [3.63, 3.8) is 0 Å². The monoisotopic (exact) mass is 229 g/mol. The van der Waals surface area contributed by atoms with E-state index < -0.39 is 5.82 Å².